The van der Waals surface area contributed by atoms with Gasteiger partial charge in [0.05, 0.1) is 12.7 Å². The van der Waals surface area contributed by atoms with Gasteiger partial charge in [-0.25, -0.2) is 24.3 Å². The lowest BCUT2D eigenvalue weighted by atomic mass is 10.2. The highest BCUT2D eigenvalue weighted by molar-refractivity contribution is 7.66. The normalized spacial score (nSPS) is 26.6. The second kappa shape index (κ2) is 8.99. The monoisotopic (exact) mass is 482 g/mol. The zero-order chi connectivity index (χ0) is 22.0. The number of aromatic nitrogens is 2. The molecule has 1 fully saturated rings. The van der Waals surface area contributed by atoms with Crippen molar-refractivity contribution in [3.05, 3.63) is 22.7 Å². The van der Waals surface area contributed by atoms with Crippen molar-refractivity contribution in [3.63, 3.8) is 0 Å². The topological polar surface area (TPSA) is 262 Å². The molecule has 166 valence electrons. The van der Waals surface area contributed by atoms with E-state index in [9.17, 15) is 28.5 Å². The van der Waals surface area contributed by atoms with Crippen molar-refractivity contribution < 1.29 is 56.3 Å². The SMILES string of the molecule is NNc1ccn([C@H]2C[C@H](O)[C@@H](COP(=O)(O)OP(=O)(O)OP(=O)(O)O)O2)c(=O)n1. The van der Waals surface area contributed by atoms with Crippen molar-refractivity contribution in [2.24, 2.45) is 5.84 Å². The second-order valence-corrected chi connectivity index (χ2v) is 9.89. The van der Waals surface area contributed by atoms with Gasteiger partial charge in [0.2, 0.25) is 0 Å². The van der Waals surface area contributed by atoms with Crippen LogP contribution < -0.4 is 17.0 Å². The Kier molecular flexibility index (Phi) is 7.52. The van der Waals surface area contributed by atoms with Gasteiger partial charge in [-0.1, -0.05) is 0 Å². The number of nitrogens with one attached hydrogen (secondary N) is 1. The van der Waals surface area contributed by atoms with Crippen LogP contribution in [0.3, 0.4) is 0 Å². The highest BCUT2D eigenvalue weighted by Gasteiger charge is 2.42. The predicted octanol–water partition coefficient (Wildman–Crippen LogP) is -1.48. The van der Waals surface area contributed by atoms with Gasteiger partial charge in [-0.15, -0.1) is 0 Å². The van der Waals surface area contributed by atoms with Gasteiger partial charge in [0, 0.05) is 12.6 Å². The van der Waals surface area contributed by atoms with Gasteiger partial charge in [-0.05, 0) is 6.07 Å². The fourth-order valence-corrected chi connectivity index (χ4v) is 5.25. The van der Waals surface area contributed by atoms with Gasteiger partial charge >= 0.3 is 29.2 Å². The van der Waals surface area contributed by atoms with Crippen LogP contribution in [-0.2, 0) is 31.6 Å². The molecule has 0 amide bonds. The maximum Gasteiger partial charge on any atom is 0.490 e. The Morgan fingerprint density at radius 2 is 1.90 bits per heavy atom. The molecule has 5 atom stereocenters. The molecular formula is C9H17N4O13P3. The van der Waals surface area contributed by atoms with Crippen molar-refractivity contribution in [3.8, 4) is 0 Å². The van der Waals surface area contributed by atoms with Crippen LogP contribution in [0.4, 0.5) is 5.82 Å². The van der Waals surface area contributed by atoms with Gasteiger partial charge in [-0.3, -0.25) is 9.09 Å². The van der Waals surface area contributed by atoms with E-state index >= 15 is 0 Å². The minimum Gasteiger partial charge on any atom is -0.390 e. The van der Waals surface area contributed by atoms with Crippen LogP contribution >= 0.6 is 23.5 Å². The third-order valence-corrected chi connectivity index (χ3v) is 7.11. The molecule has 0 bridgehead atoms. The molecule has 0 spiro atoms. The molecule has 2 unspecified atom stereocenters. The van der Waals surface area contributed by atoms with Gasteiger partial charge in [-0.2, -0.15) is 13.6 Å². The van der Waals surface area contributed by atoms with Crippen LogP contribution in [0.2, 0.25) is 0 Å². The van der Waals surface area contributed by atoms with E-state index in [1.807, 2.05) is 0 Å². The first-order valence-corrected chi connectivity index (χ1v) is 11.9. The molecule has 0 aliphatic carbocycles. The first-order chi connectivity index (χ1) is 13.2. The standard InChI is InChI=1S/C9H17N4O13P3/c10-12-7-1-2-13(9(15)11-7)8-3-5(14)6(24-8)4-23-28(19,20)26-29(21,22)25-27(16,17)18/h1-2,5-6,8,14H,3-4,10H2,(H,19,20)(H,21,22)(H,11,12,15)(H2,16,17,18)/t5-,6+,8+/m0/s1. The number of nitrogen functional groups attached to an aromatic ring is 1. The molecule has 2 rings (SSSR count). The molecular weight excluding hydrogens is 465 g/mol. The van der Waals surface area contributed by atoms with Crippen molar-refractivity contribution in [2.75, 3.05) is 12.0 Å². The van der Waals surface area contributed by atoms with Crippen LogP contribution in [0.1, 0.15) is 12.6 Å². The Labute approximate surface area is 161 Å². The number of ether oxygens (including phenoxy) is 1. The van der Waals surface area contributed by atoms with Crippen LogP contribution in [0, 0.1) is 0 Å². The maximum atomic E-state index is 11.9. The van der Waals surface area contributed by atoms with E-state index in [4.69, 9.17) is 25.3 Å². The average molecular weight is 482 g/mol. The van der Waals surface area contributed by atoms with E-state index in [2.05, 4.69) is 23.6 Å². The van der Waals surface area contributed by atoms with Crippen LogP contribution in [-0.4, -0.2) is 53.0 Å². The van der Waals surface area contributed by atoms with Crippen molar-refractivity contribution in [2.45, 2.75) is 24.9 Å². The lowest BCUT2D eigenvalue weighted by Crippen LogP contribution is -2.29. The Balaban J connectivity index is 1.99. The Morgan fingerprint density at radius 1 is 1.24 bits per heavy atom. The molecule has 29 heavy (non-hydrogen) atoms. The summed E-state index contributed by atoms with van der Waals surface area (Å²) in [5.74, 6) is 5.20. The van der Waals surface area contributed by atoms with Crippen LogP contribution in [0.15, 0.2) is 17.1 Å². The van der Waals surface area contributed by atoms with Crippen LogP contribution in [0.5, 0.6) is 0 Å². The summed E-state index contributed by atoms with van der Waals surface area (Å²) in [6, 6.07) is 1.34. The lowest BCUT2D eigenvalue weighted by molar-refractivity contribution is -0.0449. The Hall–Kier alpha value is -1.03. The molecule has 1 saturated heterocycles. The highest BCUT2D eigenvalue weighted by atomic mass is 31.3. The summed E-state index contributed by atoms with van der Waals surface area (Å²) in [5, 5.41) is 9.98. The number of hydrogen-bond acceptors (Lipinski definition) is 12. The molecule has 0 radical (unpaired) electrons. The van der Waals surface area contributed by atoms with E-state index in [0.717, 1.165) is 4.57 Å². The van der Waals surface area contributed by atoms with Gasteiger partial charge in [0.1, 0.15) is 18.1 Å². The third kappa shape index (κ3) is 7.31. The molecule has 0 saturated carbocycles. The van der Waals surface area contributed by atoms with E-state index in [0.29, 0.717) is 0 Å². The number of aliphatic hydroxyl groups excluding tert-OH is 1. The quantitative estimate of drug-likeness (QED) is 0.120. The molecule has 1 aliphatic rings. The van der Waals surface area contributed by atoms with E-state index < -0.39 is 54.2 Å². The Morgan fingerprint density at radius 3 is 2.45 bits per heavy atom. The average Bonchev–Trinajstić information content (AvgIpc) is 2.90. The minimum absolute atomic E-state index is 0.0778. The number of nitrogens with two attached hydrogens (primary N) is 1. The predicted molar refractivity (Wildman–Crippen MR) is 90.7 cm³/mol. The molecule has 2 heterocycles. The first kappa shape index (κ1) is 24.2. The number of aliphatic hydroxyl groups is 1. The summed E-state index contributed by atoms with van der Waals surface area (Å²) >= 11 is 0. The summed E-state index contributed by atoms with van der Waals surface area (Å²) in [6.07, 6.45) is -2.45. The zero-order valence-corrected chi connectivity index (χ0v) is 16.8. The number of anilines is 1. The van der Waals surface area contributed by atoms with E-state index in [1.54, 1.807) is 0 Å². The molecule has 0 aromatic carbocycles. The first-order valence-electron chi connectivity index (χ1n) is 7.39. The maximum absolute atomic E-state index is 11.9. The number of phosphoric acid groups is 3. The summed E-state index contributed by atoms with van der Waals surface area (Å²) in [4.78, 5) is 50.8. The summed E-state index contributed by atoms with van der Waals surface area (Å²) in [6.45, 7) is -0.855. The Bertz CT molecular complexity index is 932. The molecule has 20 heteroatoms. The molecule has 17 nitrogen and oxygen atoms in total. The summed E-state index contributed by atoms with van der Waals surface area (Å²) in [7, 11) is -16.5. The fourth-order valence-electron chi connectivity index (χ4n) is 2.22. The van der Waals surface area contributed by atoms with Gasteiger partial charge in [0.15, 0.2) is 0 Å². The number of phosphoric ester groups is 1. The number of hydrazine groups is 1. The zero-order valence-electron chi connectivity index (χ0n) is 14.1. The largest absolute Gasteiger partial charge is 0.490 e. The van der Waals surface area contributed by atoms with Crippen LogP contribution in [0.25, 0.3) is 0 Å². The number of rotatable bonds is 9. The van der Waals surface area contributed by atoms with E-state index in [1.165, 1.54) is 12.3 Å². The van der Waals surface area contributed by atoms with Gasteiger partial charge in [0.25, 0.3) is 0 Å². The molecule has 1 aromatic heterocycles. The minimum atomic E-state index is -5.66. The van der Waals surface area contributed by atoms with Crippen molar-refractivity contribution in [1.82, 2.24) is 9.55 Å². The second-order valence-electron chi connectivity index (χ2n) is 5.47. The van der Waals surface area contributed by atoms with Gasteiger partial charge < -0.3 is 34.8 Å². The summed E-state index contributed by atoms with van der Waals surface area (Å²) in [5.41, 5.74) is 1.39. The van der Waals surface area contributed by atoms with Crippen molar-refractivity contribution in [1.29, 1.82) is 0 Å². The fraction of sp³-hybridized carbons (Fsp3) is 0.556. The lowest BCUT2D eigenvalue weighted by Gasteiger charge is -2.19. The number of hydrogen-bond donors (Lipinski definition) is 7. The smallest absolute Gasteiger partial charge is 0.390 e. The van der Waals surface area contributed by atoms with E-state index in [-0.39, 0.29) is 12.2 Å². The van der Waals surface area contributed by atoms with Crippen molar-refractivity contribution >= 4 is 29.3 Å². The molecule has 1 aromatic rings. The third-order valence-electron chi connectivity index (χ3n) is 3.31. The molecule has 8 N–H and O–H groups in total. The summed E-state index contributed by atoms with van der Waals surface area (Å²) < 4.78 is 51.3. The molecule has 1 aliphatic heterocycles. The highest BCUT2D eigenvalue weighted by Crippen LogP contribution is 2.66. The number of nitrogens with zero attached hydrogens (tertiary/aromatic N) is 2.